The molecule has 6 nitrogen and oxygen atoms in total. The van der Waals surface area contributed by atoms with E-state index in [1.54, 1.807) is 0 Å². The Morgan fingerprint density at radius 1 is 0.561 bits per heavy atom. The van der Waals surface area contributed by atoms with Gasteiger partial charge < -0.3 is 18.7 Å². The van der Waals surface area contributed by atoms with Crippen LogP contribution in [0.3, 0.4) is 0 Å². The number of aromatic nitrogens is 1. The summed E-state index contributed by atoms with van der Waals surface area (Å²) in [6.45, 7) is 0. The summed E-state index contributed by atoms with van der Waals surface area (Å²) in [4.78, 5) is 5.15. The Labute approximate surface area is 328 Å². The van der Waals surface area contributed by atoms with E-state index in [2.05, 4.69) is 161 Å². The number of rotatable bonds is 5. The Bertz CT molecular complexity index is 3260. The van der Waals surface area contributed by atoms with E-state index in [1.807, 2.05) is 24.3 Å². The van der Waals surface area contributed by atoms with Crippen molar-refractivity contribution < 1.29 is 8.83 Å². The standard InChI is InChI=1S/C51H36N4O2/c1-3-12-31(13-4-1)49-52-50(32-14-5-2-6-15-32)54-51(53-49)35-22-25-38-39-28-33(23-26-44(39)57-47(38)30-35)34-24-27-45-40(29-34)48-43(20-11-21-46(48)56-45)55-41-18-9-7-16-36(41)37-17-8-10-19-42(37)55/h1-7,9-16,18-30,49,51,53H,8,17H2,(H,52,54). The molecule has 3 aromatic heterocycles. The monoisotopic (exact) mass is 736 g/mol. The second-order valence-electron chi connectivity index (χ2n) is 15.1. The molecule has 272 valence electrons. The highest BCUT2D eigenvalue weighted by Crippen LogP contribution is 2.41. The summed E-state index contributed by atoms with van der Waals surface area (Å²) in [7, 11) is 0. The van der Waals surface area contributed by atoms with Crippen molar-refractivity contribution in [2.45, 2.75) is 25.2 Å². The highest BCUT2D eigenvalue weighted by atomic mass is 16.3. The molecule has 4 heterocycles. The van der Waals surface area contributed by atoms with Gasteiger partial charge in [-0.2, -0.15) is 0 Å². The molecule has 0 spiro atoms. The van der Waals surface area contributed by atoms with Crippen molar-refractivity contribution in [3.63, 3.8) is 0 Å². The first-order valence-electron chi connectivity index (χ1n) is 19.7. The van der Waals surface area contributed by atoms with Crippen molar-refractivity contribution in [1.82, 2.24) is 15.2 Å². The third-order valence-electron chi connectivity index (χ3n) is 11.8. The highest BCUT2D eigenvalue weighted by Gasteiger charge is 2.26. The zero-order valence-corrected chi connectivity index (χ0v) is 30.9. The number of benzene rings is 7. The molecular formula is C51H36N4O2. The van der Waals surface area contributed by atoms with Gasteiger partial charge in [-0.3, -0.25) is 5.32 Å². The number of para-hydroxylation sites is 1. The second kappa shape index (κ2) is 12.7. The SMILES string of the molecule is C1=Cc2c(c3ccccc3n2-c2cccc3oc4ccc(-c5ccc6oc7cc(C8N=C(c9ccccc9)NC(c9ccccc9)N8)ccc7c6c5)cc4c23)CC1. The average Bonchev–Trinajstić information content (AvgIpc) is 3.95. The quantitative estimate of drug-likeness (QED) is 0.185. The maximum atomic E-state index is 6.54. The number of nitrogens with one attached hydrogen (secondary N) is 2. The fourth-order valence-corrected chi connectivity index (χ4v) is 9.05. The summed E-state index contributed by atoms with van der Waals surface area (Å²) in [5.74, 6) is 0.856. The third-order valence-corrected chi connectivity index (χ3v) is 11.8. The van der Waals surface area contributed by atoms with Crippen LogP contribution in [0.15, 0.2) is 178 Å². The summed E-state index contributed by atoms with van der Waals surface area (Å²) in [5, 5.41) is 13.0. The molecule has 0 saturated heterocycles. The van der Waals surface area contributed by atoms with E-state index in [1.165, 1.54) is 22.2 Å². The molecule has 0 radical (unpaired) electrons. The van der Waals surface area contributed by atoms with E-state index in [0.717, 1.165) is 96.1 Å². The number of nitrogens with zero attached hydrogens (tertiary/aromatic N) is 2. The van der Waals surface area contributed by atoms with Gasteiger partial charge in [0.1, 0.15) is 40.5 Å². The molecule has 0 bridgehead atoms. The number of allylic oxidation sites excluding steroid dienone is 1. The van der Waals surface area contributed by atoms with Gasteiger partial charge in [0, 0.05) is 32.8 Å². The van der Waals surface area contributed by atoms with Crippen LogP contribution in [0.2, 0.25) is 0 Å². The molecule has 0 amide bonds. The van der Waals surface area contributed by atoms with E-state index < -0.39 is 0 Å². The Kier molecular flexibility index (Phi) is 7.16. The second-order valence-corrected chi connectivity index (χ2v) is 15.1. The number of aryl methyl sites for hydroxylation is 1. The van der Waals surface area contributed by atoms with Crippen LogP contribution in [0.25, 0.3) is 77.7 Å². The number of fused-ring (bicyclic) bond motifs is 9. The number of aliphatic imine (C=N–C) groups is 1. The molecule has 57 heavy (non-hydrogen) atoms. The summed E-state index contributed by atoms with van der Waals surface area (Å²) >= 11 is 0. The minimum Gasteiger partial charge on any atom is -0.456 e. The van der Waals surface area contributed by atoms with Crippen molar-refractivity contribution in [2.75, 3.05) is 0 Å². The Morgan fingerprint density at radius 2 is 1.32 bits per heavy atom. The molecule has 2 aliphatic rings. The fourth-order valence-electron chi connectivity index (χ4n) is 9.05. The predicted octanol–water partition coefficient (Wildman–Crippen LogP) is 12.4. The normalized spacial score (nSPS) is 16.7. The van der Waals surface area contributed by atoms with Gasteiger partial charge >= 0.3 is 0 Å². The molecule has 0 fully saturated rings. The zero-order chi connectivity index (χ0) is 37.5. The molecule has 0 saturated carbocycles. The van der Waals surface area contributed by atoms with Crippen molar-refractivity contribution in [1.29, 1.82) is 0 Å². The summed E-state index contributed by atoms with van der Waals surface area (Å²) < 4.78 is 15.5. The molecule has 2 unspecified atom stereocenters. The number of amidine groups is 1. The van der Waals surface area contributed by atoms with Crippen LogP contribution in [0, 0.1) is 0 Å². The van der Waals surface area contributed by atoms with Crippen LogP contribution in [0.1, 0.15) is 46.7 Å². The molecule has 7 aromatic carbocycles. The van der Waals surface area contributed by atoms with Crippen LogP contribution in [-0.4, -0.2) is 10.4 Å². The van der Waals surface area contributed by atoms with Gasteiger partial charge in [-0.15, -0.1) is 0 Å². The Balaban J connectivity index is 0.945. The molecule has 12 rings (SSSR count). The van der Waals surface area contributed by atoms with Crippen LogP contribution >= 0.6 is 0 Å². The maximum absolute atomic E-state index is 6.54. The molecule has 10 aromatic rings. The number of furan rings is 2. The molecule has 1 aliphatic carbocycles. The van der Waals surface area contributed by atoms with Gasteiger partial charge in [0.2, 0.25) is 0 Å². The molecule has 2 atom stereocenters. The summed E-state index contributed by atoms with van der Waals surface area (Å²) in [5.41, 5.74) is 14.0. The topological polar surface area (TPSA) is 67.6 Å². The number of hydrogen-bond donors (Lipinski definition) is 2. The lowest BCUT2D eigenvalue weighted by atomic mass is 9.99. The van der Waals surface area contributed by atoms with Crippen LogP contribution in [0.5, 0.6) is 0 Å². The lowest BCUT2D eigenvalue weighted by molar-refractivity contribution is 0.409. The first kappa shape index (κ1) is 32.1. The predicted molar refractivity (Wildman–Crippen MR) is 232 cm³/mol. The Morgan fingerprint density at radius 3 is 2.18 bits per heavy atom. The van der Waals surface area contributed by atoms with Crippen LogP contribution in [-0.2, 0) is 6.42 Å². The molecule has 6 heteroatoms. The van der Waals surface area contributed by atoms with E-state index in [-0.39, 0.29) is 12.3 Å². The summed E-state index contributed by atoms with van der Waals surface area (Å²) in [6.07, 6.45) is 6.32. The van der Waals surface area contributed by atoms with Gasteiger partial charge in [-0.25, -0.2) is 4.99 Å². The van der Waals surface area contributed by atoms with Gasteiger partial charge in [-0.05, 0) is 95.3 Å². The fraction of sp³-hybridized carbons (Fsp3) is 0.0784. The van der Waals surface area contributed by atoms with Crippen molar-refractivity contribution in [2.24, 2.45) is 4.99 Å². The van der Waals surface area contributed by atoms with Crippen molar-refractivity contribution >= 4 is 66.7 Å². The first-order valence-corrected chi connectivity index (χ1v) is 19.7. The van der Waals surface area contributed by atoms with Crippen LogP contribution in [0.4, 0.5) is 0 Å². The Hall–Kier alpha value is -7.15. The van der Waals surface area contributed by atoms with E-state index >= 15 is 0 Å². The minimum atomic E-state index is -0.271. The molecular weight excluding hydrogens is 701 g/mol. The van der Waals surface area contributed by atoms with E-state index in [9.17, 15) is 0 Å². The summed E-state index contributed by atoms with van der Waals surface area (Å²) in [6, 6.07) is 55.5. The zero-order valence-electron chi connectivity index (χ0n) is 30.9. The van der Waals surface area contributed by atoms with Gasteiger partial charge in [0.05, 0.1) is 16.6 Å². The molecule has 1 aliphatic heterocycles. The van der Waals surface area contributed by atoms with Crippen molar-refractivity contribution in [3.05, 3.63) is 192 Å². The third kappa shape index (κ3) is 5.18. The highest BCUT2D eigenvalue weighted by molar-refractivity contribution is 6.12. The molecule has 2 N–H and O–H groups in total. The lowest BCUT2D eigenvalue weighted by Crippen LogP contribution is -2.44. The first-order chi connectivity index (χ1) is 28.2. The smallest absolute Gasteiger partial charge is 0.137 e. The number of hydrogen-bond acceptors (Lipinski definition) is 5. The van der Waals surface area contributed by atoms with E-state index in [4.69, 9.17) is 13.8 Å². The van der Waals surface area contributed by atoms with Crippen LogP contribution < -0.4 is 10.6 Å². The average molecular weight is 737 g/mol. The van der Waals surface area contributed by atoms with Crippen molar-refractivity contribution in [3.8, 4) is 16.8 Å². The van der Waals surface area contributed by atoms with Gasteiger partial charge in [0.25, 0.3) is 0 Å². The van der Waals surface area contributed by atoms with Gasteiger partial charge in [-0.1, -0.05) is 115 Å². The largest absolute Gasteiger partial charge is 0.456 e. The minimum absolute atomic E-state index is 0.108. The maximum Gasteiger partial charge on any atom is 0.137 e. The van der Waals surface area contributed by atoms with E-state index in [0.29, 0.717) is 0 Å². The van der Waals surface area contributed by atoms with Gasteiger partial charge in [0.15, 0.2) is 0 Å². The lowest BCUT2D eigenvalue weighted by Gasteiger charge is -2.32.